The molecule has 0 aromatic heterocycles. The fraction of sp³-hybridized carbons (Fsp3) is 1.00. The predicted octanol–water partition coefficient (Wildman–Crippen LogP) is 0.607. The number of nitrogens with zero attached hydrogens (tertiary/aromatic N) is 1. The molecule has 0 aliphatic heterocycles. The van der Waals surface area contributed by atoms with Crippen molar-refractivity contribution in [1.29, 1.82) is 0 Å². The highest BCUT2D eigenvalue weighted by atomic mass is 35.5. The van der Waals surface area contributed by atoms with Crippen molar-refractivity contribution in [3.63, 3.8) is 0 Å². The fourth-order valence-corrected chi connectivity index (χ4v) is 0.367. The predicted molar refractivity (Wildman–Crippen MR) is 26.6 cm³/mol. The normalized spacial score (nSPS) is 10.3. The second-order valence-electron chi connectivity index (χ2n) is 0.817. The SMILES string of the molecule is CON(CCl)OC. The topological polar surface area (TPSA) is 21.7 Å². The Bertz CT molecular complexity index is 34.4. The van der Waals surface area contributed by atoms with Crippen molar-refractivity contribution < 1.29 is 9.68 Å². The molecule has 0 aromatic rings. The van der Waals surface area contributed by atoms with Gasteiger partial charge in [-0.05, 0) is 0 Å². The Kier molecular flexibility index (Phi) is 4.44. The van der Waals surface area contributed by atoms with Crippen LogP contribution in [0.25, 0.3) is 0 Å². The Labute approximate surface area is 47.7 Å². The third kappa shape index (κ3) is 2.82. The molecule has 0 amide bonds. The standard InChI is InChI=1S/C3H8ClNO2/c1-6-5(3-4)7-2/h3H2,1-2H3. The van der Waals surface area contributed by atoms with Gasteiger partial charge in [0.05, 0.1) is 14.2 Å². The van der Waals surface area contributed by atoms with Gasteiger partial charge in [-0.1, -0.05) is 5.23 Å². The van der Waals surface area contributed by atoms with Gasteiger partial charge in [-0.3, -0.25) is 9.68 Å². The summed E-state index contributed by atoms with van der Waals surface area (Å²) in [6.07, 6.45) is 0. The molecule has 0 atom stereocenters. The van der Waals surface area contributed by atoms with Crippen LogP contribution in [0.5, 0.6) is 0 Å². The van der Waals surface area contributed by atoms with Gasteiger partial charge in [-0.2, -0.15) is 0 Å². The first-order chi connectivity index (χ1) is 3.35. The van der Waals surface area contributed by atoms with Crippen LogP contribution < -0.4 is 0 Å². The molecule has 7 heavy (non-hydrogen) atoms. The third-order valence-corrected chi connectivity index (χ3v) is 0.700. The molecule has 0 aliphatic rings. The van der Waals surface area contributed by atoms with E-state index in [1.807, 2.05) is 0 Å². The molecule has 0 saturated heterocycles. The molecule has 4 heteroatoms. The molecule has 3 nitrogen and oxygen atoms in total. The van der Waals surface area contributed by atoms with E-state index < -0.39 is 0 Å². The average Bonchev–Trinajstić information content (AvgIpc) is 1.72. The van der Waals surface area contributed by atoms with Crippen LogP contribution in [0.1, 0.15) is 0 Å². The Morgan fingerprint density at radius 3 is 1.86 bits per heavy atom. The van der Waals surface area contributed by atoms with E-state index in [1.54, 1.807) is 0 Å². The van der Waals surface area contributed by atoms with Crippen molar-refractivity contribution in [2.24, 2.45) is 0 Å². The summed E-state index contributed by atoms with van der Waals surface area (Å²) in [6, 6.07) is 0.215. The number of hydroxylamine groups is 2. The maximum atomic E-state index is 5.24. The summed E-state index contributed by atoms with van der Waals surface area (Å²) in [5, 5.41) is 1.14. The van der Waals surface area contributed by atoms with Crippen LogP contribution in [0, 0.1) is 0 Å². The fourth-order valence-electron chi connectivity index (χ4n) is 0.172. The average molecular weight is 126 g/mol. The van der Waals surface area contributed by atoms with Crippen LogP contribution in [-0.2, 0) is 9.68 Å². The molecule has 44 valence electrons. The lowest BCUT2D eigenvalue weighted by atomic mass is 11.4. The first kappa shape index (κ1) is 7.17. The van der Waals surface area contributed by atoms with E-state index in [-0.39, 0.29) is 6.00 Å². The second-order valence-corrected chi connectivity index (χ2v) is 1.06. The van der Waals surface area contributed by atoms with Crippen molar-refractivity contribution in [2.45, 2.75) is 0 Å². The lowest BCUT2D eigenvalue weighted by Crippen LogP contribution is -2.18. The number of hydrogen-bond donors (Lipinski definition) is 0. The molecule has 0 fully saturated rings. The van der Waals surface area contributed by atoms with Crippen molar-refractivity contribution in [3.8, 4) is 0 Å². The Balaban J connectivity index is 2.99. The summed E-state index contributed by atoms with van der Waals surface area (Å²) in [7, 11) is 2.96. The van der Waals surface area contributed by atoms with Crippen molar-refractivity contribution in [1.82, 2.24) is 5.23 Å². The van der Waals surface area contributed by atoms with Crippen LogP contribution in [0.2, 0.25) is 0 Å². The zero-order valence-corrected chi connectivity index (χ0v) is 5.10. The van der Waals surface area contributed by atoms with E-state index in [2.05, 4.69) is 9.68 Å². The van der Waals surface area contributed by atoms with E-state index in [0.717, 1.165) is 5.23 Å². The Morgan fingerprint density at radius 2 is 1.86 bits per heavy atom. The van der Waals surface area contributed by atoms with Crippen LogP contribution in [-0.4, -0.2) is 25.5 Å². The molecule has 0 aliphatic carbocycles. The number of hydrogen-bond acceptors (Lipinski definition) is 3. The minimum Gasteiger partial charge on any atom is -0.277 e. The highest BCUT2D eigenvalue weighted by Gasteiger charge is 1.92. The van der Waals surface area contributed by atoms with Gasteiger partial charge in [0.15, 0.2) is 0 Å². The van der Waals surface area contributed by atoms with Crippen LogP contribution in [0.3, 0.4) is 0 Å². The van der Waals surface area contributed by atoms with E-state index >= 15 is 0 Å². The Hall–Kier alpha value is 0.170. The molecule has 0 unspecified atom stereocenters. The van der Waals surface area contributed by atoms with Crippen molar-refractivity contribution in [3.05, 3.63) is 0 Å². The molecule has 0 heterocycles. The zero-order chi connectivity index (χ0) is 5.70. The van der Waals surface area contributed by atoms with Crippen LogP contribution >= 0.6 is 11.6 Å². The van der Waals surface area contributed by atoms with E-state index in [0.29, 0.717) is 0 Å². The maximum Gasteiger partial charge on any atom is 0.126 e. The summed E-state index contributed by atoms with van der Waals surface area (Å²) < 4.78 is 0. The van der Waals surface area contributed by atoms with Gasteiger partial charge in [0.25, 0.3) is 0 Å². The maximum absolute atomic E-state index is 5.24. The summed E-state index contributed by atoms with van der Waals surface area (Å²) in [5.41, 5.74) is 0. The van der Waals surface area contributed by atoms with Gasteiger partial charge in [0.2, 0.25) is 0 Å². The van der Waals surface area contributed by atoms with Gasteiger partial charge in [0, 0.05) is 0 Å². The molecule has 0 N–H and O–H groups in total. The van der Waals surface area contributed by atoms with Gasteiger partial charge in [0.1, 0.15) is 6.00 Å². The number of halogens is 1. The second kappa shape index (κ2) is 4.33. The first-order valence-corrected chi connectivity index (χ1v) is 2.30. The zero-order valence-electron chi connectivity index (χ0n) is 4.35. The number of rotatable bonds is 3. The highest BCUT2D eigenvalue weighted by molar-refractivity contribution is 6.17. The van der Waals surface area contributed by atoms with Gasteiger partial charge < -0.3 is 0 Å². The first-order valence-electron chi connectivity index (χ1n) is 1.77. The molecule has 0 radical (unpaired) electrons. The summed E-state index contributed by atoms with van der Waals surface area (Å²) in [6.45, 7) is 0. The minimum atomic E-state index is 0.215. The summed E-state index contributed by atoms with van der Waals surface area (Å²) >= 11 is 5.24. The van der Waals surface area contributed by atoms with Crippen molar-refractivity contribution >= 4 is 11.6 Å². The quantitative estimate of drug-likeness (QED) is 0.313. The molecule has 0 spiro atoms. The van der Waals surface area contributed by atoms with Gasteiger partial charge in [-0.25, -0.2) is 0 Å². The van der Waals surface area contributed by atoms with Crippen molar-refractivity contribution in [2.75, 3.05) is 20.2 Å². The minimum absolute atomic E-state index is 0.215. The van der Waals surface area contributed by atoms with E-state index in [1.165, 1.54) is 14.2 Å². The van der Waals surface area contributed by atoms with E-state index in [4.69, 9.17) is 11.6 Å². The highest BCUT2D eigenvalue weighted by Crippen LogP contribution is 1.87. The molecule has 0 bridgehead atoms. The van der Waals surface area contributed by atoms with Gasteiger partial charge >= 0.3 is 0 Å². The molecule has 0 rings (SSSR count). The lowest BCUT2D eigenvalue weighted by molar-refractivity contribution is -0.331. The number of alkyl halides is 1. The molecule has 0 saturated carbocycles. The monoisotopic (exact) mass is 125 g/mol. The molecule has 0 aromatic carbocycles. The third-order valence-electron chi connectivity index (χ3n) is 0.505. The van der Waals surface area contributed by atoms with Crippen LogP contribution in [0.4, 0.5) is 0 Å². The Morgan fingerprint density at radius 1 is 1.43 bits per heavy atom. The van der Waals surface area contributed by atoms with Gasteiger partial charge in [-0.15, -0.1) is 11.6 Å². The molecular weight excluding hydrogens is 117 g/mol. The lowest BCUT2D eigenvalue weighted by Gasteiger charge is -2.10. The smallest absolute Gasteiger partial charge is 0.126 e. The molecular formula is C3H8ClNO2. The van der Waals surface area contributed by atoms with Crippen LogP contribution in [0.15, 0.2) is 0 Å². The summed E-state index contributed by atoms with van der Waals surface area (Å²) in [4.78, 5) is 9.06. The van der Waals surface area contributed by atoms with E-state index in [9.17, 15) is 0 Å². The summed E-state index contributed by atoms with van der Waals surface area (Å²) in [5.74, 6) is 0. The largest absolute Gasteiger partial charge is 0.277 e.